The lowest BCUT2D eigenvalue weighted by Crippen LogP contribution is -3.12. The number of nitrogens with one attached hydrogen (secondary N) is 3. The van der Waals surface area contributed by atoms with Gasteiger partial charge in [0.15, 0.2) is 0 Å². The molecule has 5 nitrogen and oxygen atoms in total. The van der Waals surface area contributed by atoms with Crippen molar-refractivity contribution in [2.45, 2.75) is 49.3 Å². The first kappa shape index (κ1) is 22.4. The van der Waals surface area contributed by atoms with E-state index < -0.39 is 0 Å². The van der Waals surface area contributed by atoms with Gasteiger partial charge in [0.25, 0.3) is 5.91 Å². The van der Waals surface area contributed by atoms with E-state index in [0.29, 0.717) is 17.8 Å². The average Bonchev–Trinajstić information content (AvgIpc) is 2.74. The van der Waals surface area contributed by atoms with E-state index in [-0.39, 0.29) is 11.8 Å². The van der Waals surface area contributed by atoms with Gasteiger partial charge in [0.05, 0.1) is 25.3 Å². The zero-order chi connectivity index (χ0) is 21.3. The number of rotatable bonds is 8. The number of hydrogen-bond acceptors (Lipinski definition) is 3. The fraction of sp³-hybridized carbons (Fsp3) is 0.417. The number of amides is 2. The summed E-state index contributed by atoms with van der Waals surface area (Å²) in [5, 5.41) is 5.89. The first-order chi connectivity index (χ1) is 14.5. The minimum absolute atomic E-state index is 0.0952. The fourth-order valence-electron chi connectivity index (χ4n) is 3.72. The standard InChI is InChI=1S/C24H31N3O2S/c1-18-7-10-21(11-8-18)30-23-12-9-20(17-22(23)26-19(2)28)24(29)25-13-6-16-27-14-4-3-5-15-27/h7-12,17H,3-6,13-16H2,1-2H3,(H,25,29)(H,26,28)/p+1. The van der Waals surface area contributed by atoms with E-state index >= 15 is 0 Å². The highest BCUT2D eigenvalue weighted by Crippen LogP contribution is 2.34. The molecule has 0 spiro atoms. The molecule has 0 unspecified atom stereocenters. The molecule has 1 heterocycles. The Bertz CT molecular complexity index is 861. The maximum atomic E-state index is 12.6. The Morgan fingerprint density at radius 1 is 1.03 bits per heavy atom. The molecule has 1 aliphatic rings. The highest BCUT2D eigenvalue weighted by Gasteiger charge is 2.14. The molecular weight excluding hydrogens is 394 g/mol. The summed E-state index contributed by atoms with van der Waals surface area (Å²) in [5.41, 5.74) is 2.44. The van der Waals surface area contributed by atoms with E-state index in [2.05, 4.69) is 41.8 Å². The number of anilines is 1. The molecule has 2 aromatic carbocycles. The predicted octanol–water partition coefficient (Wildman–Crippen LogP) is 3.29. The highest BCUT2D eigenvalue weighted by molar-refractivity contribution is 7.99. The molecule has 30 heavy (non-hydrogen) atoms. The number of likely N-dealkylation sites (tertiary alicyclic amines) is 1. The Morgan fingerprint density at radius 2 is 1.77 bits per heavy atom. The summed E-state index contributed by atoms with van der Waals surface area (Å²) >= 11 is 1.57. The van der Waals surface area contributed by atoms with Crippen molar-refractivity contribution in [3.8, 4) is 0 Å². The van der Waals surface area contributed by atoms with Crippen LogP contribution in [-0.4, -0.2) is 38.0 Å². The van der Waals surface area contributed by atoms with Gasteiger partial charge >= 0.3 is 0 Å². The molecule has 0 saturated carbocycles. The van der Waals surface area contributed by atoms with Gasteiger partial charge in [0, 0.05) is 35.2 Å². The van der Waals surface area contributed by atoms with Crippen molar-refractivity contribution in [1.82, 2.24) is 5.32 Å². The zero-order valence-electron chi connectivity index (χ0n) is 17.9. The van der Waals surface area contributed by atoms with Crippen molar-refractivity contribution in [1.29, 1.82) is 0 Å². The van der Waals surface area contributed by atoms with Crippen LogP contribution in [0.5, 0.6) is 0 Å². The number of quaternary nitrogens is 1. The van der Waals surface area contributed by atoms with E-state index in [1.54, 1.807) is 22.7 Å². The van der Waals surface area contributed by atoms with Crippen molar-refractivity contribution in [2.24, 2.45) is 0 Å². The molecule has 6 heteroatoms. The molecule has 160 valence electrons. The number of piperidine rings is 1. The van der Waals surface area contributed by atoms with Gasteiger partial charge in [-0.05, 0) is 56.5 Å². The summed E-state index contributed by atoms with van der Waals surface area (Å²) in [4.78, 5) is 27.9. The Kier molecular flexibility index (Phi) is 8.34. The maximum absolute atomic E-state index is 12.6. The second kappa shape index (κ2) is 11.2. The third kappa shape index (κ3) is 6.89. The van der Waals surface area contributed by atoms with Crippen molar-refractivity contribution < 1.29 is 14.5 Å². The monoisotopic (exact) mass is 426 g/mol. The zero-order valence-corrected chi connectivity index (χ0v) is 18.7. The molecule has 2 amide bonds. The van der Waals surface area contributed by atoms with Crippen molar-refractivity contribution in [3.05, 3.63) is 53.6 Å². The lowest BCUT2D eigenvalue weighted by molar-refractivity contribution is -0.904. The molecule has 1 fully saturated rings. The molecule has 0 radical (unpaired) electrons. The molecule has 0 aliphatic carbocycles. The first-order valence-electron chi connectivity index (χ1n) is 10.8. The van der Waals surface area contributed by atoms with Crippen LogP contribution in [0.25, 0.3) is 0 Å². The van der Waals surface area contributed by atoms with E-state index in [1.807, 2.05) is 12.1 Å². The summed E-state index contributed by atoms with van der Waals surface area (Å²) in [6, 6.07) is 13.7. The summed E-state index contributed by atoms with van der Waals surface area (Å²) < 4.78 is 0. The van der Waals surface area contributed by atoms with Crippen LogP contribution < -0.4 is 15.5 Å². The summed E-state index contributed by atoms with van der Waals surface area (Å²) in [7, 11) is 0. The Morgan fingerprint density at radius 3 is 2.47 bits per heavy atom. The second-order valence-electron chi connectivity index (χ2n) is 7.98. The molecule has 1 saturated heterocycles. The molecule has 0 atom stereocenters. The van der Waals surface area contributed by atoms with Crippen molar-refractivity contribution in [3.63, 3.8) is 0 Å². The maximum Gasteiger partial charge on any atom is 0.251 e. The van der Waals surface area contributed by atoms with Gasteiger partial charge in [-0.1, -0.05) is 29.5 Å². The van der Waals surface area contributed by atoms with E-state index in [0.717, 1.165) is 22.8 Å². The highest BCUT2D eigenvalue weighted by atomic mass is 32.2. The lowest BCUT2D eigenvalue weighted by atomic mass is 10.1. The minimum Gasteiger partial charge on any atom is -0.352 e. The Hall–Kier alpha value is -2.31. The lowest BCUT2D eigenvalue weighted by Gasteiger charge is -2.23. The molecular formula is C24H32N3O2S+. The van der Waals surface area contributed by atoms with Crippen LogP contribution in [0.4, 0.5) is 5.69 Å². The normalized spacial score (nSPS) is 14.3. The van der Waals surface area contributed by atoms with Gasteiger partial charge in [0.1, 0.15) is 0 Å². The fourth-order valence-corrected chi connectivity index (χ4v) is 4.61. The summed E-state index contributed by atoms with van der Waals surface area (Å²) in [5.74, 6) is -0.245. The summed E-state index contributed by atoms with van der Waals surface area (Å²) in [6.07, 6.45) is 4.98. The van der Waals surface area contributed by atoms with Crippen molar-refractivity contribution >= 4 is 29.3 Å². The SMILES string of the molecule is CC(=O)Nc1cc(C(=O)NCCC[NH+]2CCCCC2)ccc1Sc1ccc(C)cc1. The van der Waals surface area contributed by atoms with E-state index in [1.165, 1.54) is 44.8 Å². The van der Waals surface area contributed by atoms with Gasteiger partial charge in [-0.2, -0.15) is 0 Å². The average molecular weight is 427 g/mol. The molecule has 0 aromatic heterocycles. The molecule has 2 aromatic rings. The summed E-state index contributed by atoms with van der Waals surface area (Å²) in [6.45, 7) is 7.85. The van der Waals surface area contributed by atoms with Crippen LogP contribution in [0.2, 0.25) is 0 Å². The van der Waals surface area contributed by atoms with Crippen LogP contribution >= 0.6 is 11.8 Å². The Labute approximate surface area is 183 Å². The van der Waals surface area contributed by atoms with Gasteiger partial charge < -0.3 is 15.5 Å². The number of carbonyl (C=O) groups is 2. The topological polar surface area (TPSA) is 62.6 Å². The number of aryl methyl sites for hydroxylation is 1. The van der Waals surface area contributed by atoms with Gasteiger partial charge in [-0.3, -0.25) is 9.59 Å². The first-order valence-corrected chi connectivity index (χ1v) is 11.6. The molecule has 3 N–H and O–H groups in total. The minimum atomic E-state index is -0.150. The quantitative estimate of drug-likeness (QED) is 0.568. The third-order valence-corrected chi connectivity index (χ3v) is 6.44. The second-order valence-corrected chi connectivity index (χ2v) is 9.09. The largest absolute Gasteiger partial charge is 0.352 e. The van der Waals surface area contributed by atoms with Gasteiger partial charge in [-0.15, -0.1) is 0 Å². The van der Waals surface area contributed by atoms with Gasteiger partial charge in [0.2, 0.25) is 5.91 Å². The van der Waals surface area contributed by atoms with Gasteiger partial charge in [-0.25, -0.2) is 0 Å². The van der Waals surface area contributed by atoms with Crippen molar-refractivity contribution in [2.75, 3.05) is 31.5 Å². The van der Waals surface area contributed by atoms with Crippen LogP contribution in [0.3, 0.4) is 0 Å². The van der Waals surface area contributed by atoms with E-state index in [4.69, 9.17) is 0 Å². The predicted molar refractivity (Wildman–Crippen MR) is 122 cm³/mol. The number of carbonyl (C=O) groups excluding carboxylic acids is 2. The molecule has 0 bridgehead atoms. The Balaban J connectivity index is 1.60. The van der Waals surface area contributed by atoms with Crippen LogP contribution in [0, 0.1) is 6.92 Å². The van der Waals surface area contributed by atoms with Crippen LogP contribution in [0.15, 0.2) is 52.3 Å². The molecule has 3 rings (SSSR count). The van der Waals surface area contributed by atoms with Crippen LogP contribution in [-0.2, 0) is 4.79 Å². The third-order valence-electron chi connectivity index (χ3n) is 5.35. The number of hydrogen-bond donors (Lipinski definition) is 3. The molecule has 1 aliphatic heterocycles. The number of benzene rings is 2. The van der Waals surface area contributed by atoms with E-state index in [9.17, 15) is 9.59 Å². The smallest absolute Gasteiger partial charge is 0.251 e. The van der Waals surface area contributed by atoms with Crippen LogP contribution in [0.1, 0.15) is 48.5 Å².